The first-order valence-electron chi connectivity index (χ1n) is 8.81. The Morgan fingerprint density at radius 1 is 0.893 bits per heavy atom. The highest BCUT2D eigenvalue weighted by Gasteiger charge is 2.19. The van der Waals surface area contributed by atoms with Gasteiger partial charge in [-0.3, -0.25) is 9.59 Å². The van der Waals surface area contributed by atoms with E-state index in [-0.39, 0.29) is 12.3 Å². The fourth-order valence-corrected chi connectivity index (χ4v) is 2.86. The van der Waals surface area contributed by atoms with Gasteiger partial charge in [0, 0.05) is 12.0 Å². The van der Waals surface area contributed by atoms with Crippen molar-refractivity contribution in [1.29, 1.82) is 5.26 Å². The molecule has 0 heterocycles. The Morgan fingerprint density at radius 3 is 2.07 bits per heavy atom. The van der Waals surface area contributed by atoms with Crippen molar-refractivity contribution < 1.29 is 9.59 Å². The largest absolute Gasteiger partial charge is 0.368 e. The predicted octanol–water partition coefficient (Wildman–Crippen LogP) is 3.05. The summed E-state index contributed by atoms with van der Waals surface area (Å²) in [4.78, 5) is 24.3. The van der Waals surface area contributed by atoms with Gasteiger partial charge in [-0.1, -0.05) is 54.6 Å². The van der Waals surface area contributed by atoms with Gasteiger partial charge in [-0.2, -0.15) is 5.26 Å². The highest BCUT2D eigenvalue weighted by atomic mass is 16.2. The molecule has 0 aromatic heterocycles. The van der Waals surface area contributed by atoms with E-state index in [4.69, 9.17) is 11.0 Å². The SMILES string of the molecule is N#Cc1ccc(C[C@H](NC(=O)c2ccc(-c3ccccc3)cc2)C(N)=O)cc1. The smallest absolute Gasteiger partial charge is 0.251 e. The fraction of sp³-hybridized carbons (Fsp3) is 0.0870. The number of amides is 2. The number of nitriles is 1. The Kier molecular flexibility index (Phi) is 5.83. The monoisotopic (exact) mass is 369 g/mol. The Balaban J connectivity index is 1.70. The molecule has 0 bridgehead atoms. The molecule has 0 aliphatic carbocycles. The van der Waals surface area contributed by atoms with Crippen LogP contribution in [0, 0.1) is 11.3 Å². The second-order valence-corrected chi connectivity index (χ2v) is 6.38. The number of nitrogens with one attached hydrogen (secondary N) is 1. The molecule has 2 amide bonds. The van der Waals surface area contributed by atoms with Gasteiger partial charge in [0.2, 0.25) is 5.91 Å². The minimum Gasteiger partial charge on any atom is -0.368 e. The van der Waals surface area contributed by atoms with E-state index < -0.39 is 11.9 Å². The highest BCUT2D eigenvalue weighted by Crippen LogP contribution is 2.19. The topological polar surface area (TPSA) is 96.0 Å². The van der Waals surface area contributed by atoms with Crippen LogP contribution in [0.3, 0.4) is 0 Å². The van der Waals surface area contributed by atoms with Crippen LogP contribution >= 0.6 is 0 Å². The van der Waals surface area contributed by atoms with Crippen molar-refractivity contribution in [2.75, 3.05) is 0 Å². The lowest BCUT2D eigenvalue weighted by Crippen LogP contribution is -2.45. The first kappa shape index (κ1) is 18.9. The van der Waals surface area contributed by atoms with Crippen molar-refractivity contribution in [2.45, 2.75) is 12.5 Å². The van der Waals surface area contributed by atoms with E-state index in [0.29, 0.717) is 11.1 Å². The molecule has 0 fully saturated rings. The second kappa shape index (κ2) is 8.65. The lowest BCUT2D eigenvalue weighted by atomic mass is 10.0. The summed E-state index contributed by atoms with van der Waals surface area (Å²) in [5.74, 6) is -0.976. The lowest BCUT2D eigenvalue weighted by Gasteiger charge is -2.16. The molecule has 0 saturated carbocycles. The molecule has 28 heavy (non-hydrogen) atoms. The van der Waals surface area contributed by atoms with E-state index in [0.717, 1.165) is 16.7 Å². The summed E-state index contributed by atoms with van der Waals surface area (Å²) in [6.07, 6.45) is 0.259. The molecule has 0 saturated heterocycles. The molecule has 3 rings (SSSR count). The van der Waals surface area contributed by atoms with Gasteiger partial charge in [0.1, 0.15) is 6.04 Å². The van der Waals surface area contributed by atoms with Gasteiger partial charge in [-0.25, -0.2) is 0 Å². The number of primary amides is 1. The average Bonchev–Trinajstić information content (AvgIpc) is 2.74. The number of rotatable bonds is 6. The van der Waals surface area contributed by atoms with Crippen molar-refractivity contribution in [3.8, 4) is 17.2 Å². The molecular formula is C23H19N3O2. The predicted molar refractivity (Wildman–Crippen MR) is 107 cm³/mol. The molecule has 3 aromatic carbocycles. The zero-order valence-electron chi connectivity index (χ0n) is 15.1. The van der Waals surface area contributed by atoms with E-state index in [9.17, 15) is 9.59 Å². The van der Waals surface area contributed by atoms with Crippen LogP contribution in [0.2, 0.25) is 0 Å². The van der Waals surface area contributed by atoms with Gasteiger partial charge in [0.05, 0.1) is 11.6 Å². The van der Waals surface area contributed by atoms with Crippen LogP contribution < -0.4 is 11.1 Å². The molecule has 3 aromatic rings. The van der Waals surface area contributed by atoms with E-state index in [1.807, 2.05) is 48.5 Å². The normalized spacial score (nSPS) is 11.2. The standard InChI is InChI=1S/C23H19N3O2/c24-15-17-8-6-16(7-9-17)14-21(22(25)27)26-23(28)20-12-10-19(11-13-20)18-4-2-1-3-5-18/h1-13,21H,14H2,(H2,25,27)(H,26,28)/t21-/m0/s1. The molecule has 0 aliphatic rings. The van der Waals surface area contributed by atoms with Crippen LogP contribution in [0.15, 0.2) is 78.9 Å². The van der Waals surface area contributed by atoms with Gasteiger partial charge >= 0.3 is 0 Å². The number of nitrogens with two attached hydrogens (primary N) is 1. The quantitative estimate of drug-likeness (QED) is 0.699. The van der Waals surface area contributed by atoms with Gasteiger partial charge in [0.25, 0.3) is 5.91 Å². The van der Waals surface area contributed by atoms with Crippen LogP contribution in [-0.2, 0) is 11.2 Å². The van der Waals surface area contributed by atoms with Crippen LogP contribution in [0.5, 0.6) is 0 Å². The summed E-state index contributed by atoms with van der Waals surface area (Å²) in [5, 5.41) is 11.5. The van der Waals surface area contributed by atoms with Crippen molar-refractivity contribution in [2.24, 2.45) is 5.73 Å². The number of hydrogen-bond acceptors (Lipinski definition) is 3. The summed E-state index contributed by atoms with van der Waals surface area (Å²) in [7, 11) is 0. The number of carbonyl (C=O) groups excluding carboxylic acids is 2. The summed E-state index contributed by atoms with van der Waals surface area (Å²) in [6.45, 7) is 0. The lowest BCUT2D eigenvalue weighted by molar-refractivity contribution is -0.119. The number of benzene rings is 3. The first-order chi connectivity index (χ1) is 13.6. The third-order valence-corrected chi connectivity index (χ3v) is 4.43. The molecule has 0 unspecified atom stereocenters. The summed E-state index contributed by atoms with van der Waals surface area (Å²) in [5.41, 5.74) is 9.31. The summed E-state index contributed by atoms with van der Waals surface area (Å²) >= 11 is 0. The average molecular weight is 369 g/mol. The maximum Gasteiger partial charge on any atom is 0.251 e. The van der Waals surface area contributed by atoms with Crippen molar-refractivity contribution in [3.63, 3.8) is 0 Å². The maximum absolute atomic E-state index is 12.5. The number of nitrogens with zero attached hydrogens (tertiary/aromatic N) is 1. The summed E-state index contributed by atoms with van der Waals surface area (Å²) in [6, 6.07) is 25.0. The van der Waals surface area contributed by atoms with E-state index in [1.54, 1.807) is 36.4 Å². The number of hydrogen-bond donors (Lipinski definition) is 2. The van der Waals surface area contributed by atoms with Gasteiger partial charge in [-0.15, -0.1) is 0 Å². The van der Waals surface area contributed by atoms with Crippen LogP contribution in [0.1, 0.15) is 21.5 Å². The molecule has 138 valence electrons. The molecule has 5 heteroatoms. The molecule has 0 spiro atoms. The molecule has 3 N–H and O–H groups in total. The van der Waals surface area contributed by atoms with Crippen molar-refractivity contribution >= 4 is 11.8 Å². The third-order valence-electron chi connectivity index (χ3n) is 4.43. The fourth-order valence-electron chi connectivity index (χ4n) is 2.86. The molecule has 0 aliphatic heterocycles. The van der Waals surface area contributed by atoms with E-state index >= 15 is 0 Å². The summed E-state index contributed by atoms with van der Waals surface area (Å²) < 4.78 is 0. The zero-order chi connectivity index (χ0) is 19.9. The van der Waals surface area contributed by atoms with Crippen LogP contribution in [0.4, 0.5) is 0 Å². The van der Waals surface area contributed by atoms with Gasteiger partial charge in [-0.05, 0) is 41.0 Å². The Bertz CT molecular complexity index is 1000. The van der Waals surface area contributed by atoms with Gasteiger partial charge in [0.15, 0.2) is 0 Å². The zero-order valence-corrected chi connectivity index (χ0v) is 15.1. The minimum absolute atomic E-state index is 0.259. The molecular weight excluding hydrogens is 350 g/mol. The highest BCUT2D eigenvalue weighted by molar-refractivity contribution is 5.97. The molecule has 1 atom stereocenters. The third kappa shape index (κ3) is 4.63. The molecule has 0 radical (unpaired) electrons. The molecule has 5 nitrogen and oxygen atoms in total. The van der Waals surface area contributed by atoms with E-state index in [2.05, 4.69) is 5.32 Å². The Morgan fingerprint density at radius 2 is 1.50 bits per heavy atom. The number of carbonyl (C=O) groups is 2. The van der Waals surface area contributed by atoms with Crippen molar-refractivity contribution in [3.05, 3.63) is 95.6 Å². The van der Waals surface area contributed by atoms with Gasteiger partial charge < -0.3 is 11.1 Å². The minimum atomic E-state index is -0.839. The van der Waals surface area contributed by atoms with Crippen LogP contribution in [0.25, 0.3) is 11.1 Å². The van der Waals surface area contributed by atoms with E-state index in [1.165, 1.54) is 0 Å². The Labute approximate surface area is 163 Å². The van der Waals surface area contributed by atoms with Crippen molar-refractivity contribution in [1.82, 2.24) is 5.32 Å². The maximum atomic E-state index is 12.5. The van der Waals surface area contributed by atoms with Crippen LogP contribution in [-0.4, -0.2) is 17.9 Å². The second-order valence-electron chi connectivity index (χ2n) is 6.38. The Hall–Kier alpha value is -3.91. The first-order valence-corrected chi connectivity index (χ1v) is 8.81.